The summed E-state index contributed by atoms with van der Waals surface area (Å²) in [6.07, 6.45) is 3.34. The second-order valence-electron chi connectivity index (χ2n) is 5.45. The minimum absolute atomic E-state index is 0.146. The molecule has 114 valence electrons. The van der Waals surface area contributed by atoms with Crippen molar-refractivity contribution in [3.8, 4) is 0 Å². The van der Waals surface area contributed by atoms with E-state index in [1.807, 2.05) is 0 Å². The van der Waals surface area contributed by atoms with Crippen LogP contribution < -0.4 is 5.32 Å². The highest BCUT2D eigenvalue weighted by Crippen LogP contribution is 2.30. The van der Waals surface area contributed by atoms with Gasteiger partial charge in [-0.3, -0.25) is 14.4 Å². The molecule has 1 fully saturated rings. The fraction of sp³-hybridized carbons (Fsp3) is 0.500. The first-order valence-corrected chi connectivity index (χ1v) is 6.74. The highest BCUT2D eigenvalue weighted by molar-refractivity contribution is 5.94. The van der Waals surface area contributed by atoms with Gasteiger partial charge < -0.3 is 19.7 Å². The highest BCUT2D eigenvalue weighted by atomic mass is 16.4. The summed E-state index contributed by atoms with van der Waals surface area (Å²) in [4.78, 5) is 36.3. The summed E-state index contributed by atoms with van der Waals surface area (Å²) < 4.78 is 4.80. The molecule has 1 aliphatic rings. The van der Waals surface area contributed by atoms with Gasteiger partial charge in [-0.05, 0) is 19.4 Å². The van der Waals surface area contributed by atoms with Gasteiger partial charge in [-0.15, -0.1) is 0 Å². The van der Waals surface area contributed by atoms with Crippen LogP contribution in [-0.2, 0) is 9.59 Å². The molecule has 2 rings (SSSR count). The van der Waals surface area contributed by atoms with Crippen molar-refractivity contribution in [3.05, 3.63) is 24.2 Å². The van der Waals surface area contributed by atoms with E-state index in [-0.39, 0.29) is 31.3 Å². The SMILES string of the molecule is CC1(C(=O)O)CCN(C(=O)CCNC(=O)c2ccoc2)C1. The van der Waals surface area contributed by atoms with Crippen molar-refractivity contribution in [1.29, 1.82) is 0 Å². The second-order valence-corrected chi connectivity index (χ2v) is 5.45. The molecule has 1 unspecified atom stereocenters. The van der Waals surface area contributed by atoms with Gasteiger partial charge in [0.15, 0.2) is 0 Å². The van der Waals surface area contributed by atoms with Crippen LogP contribution in [0.3, 0.4) is 0 Å². The molecule has 0 radical (unpaired) electrons. The summed E-state index contributed by atoms with van der Waals surface area (Å²) in [7, 11) is 0. The molecular weight excluding hydrogens is 276 g/mol. The Kier molecular flexibility index (Phi) is 4.30. The Hall–Kier alpha value is -2.31. The monoisotopic (exact) mass is 294 g/mol. The minimum atomic E-state index is -0.883. The van der Waals surface area contributed by atoms with Crippen LogP contribution in [0.4, 0.5) is 0 Å². The number of furan rings is 1. The van der Waals surface area contributed by atoms with E-state index in [0.29, 0.717) is 18.5 Å². The molecule has 0 aliphatic carbocycles. The van der Waals surface area contributed by atoms with E-state index in [1.165, 1.54) is 23.5 Å². The molecule has 2 amide bonds. The molecule has 0 spiro atoms. The van der Waals surface area contributed by atoms with Gasteiger partial charge in [-0.25, -0.2) is 0 Å². The number of nitrogens with zero attached hydrogens (tertiary/aromatic N) is 1. The number of amides is 2. The van der Waals surface area contributed by atoms with Crippen LogP contribution in [-0.4, -0.2) is 47.4 Å². The number of nitrogens with one attached hydrogen (secondary N) is 1. The maximum atomic E-state index is 12.0. The van der Waals surface area contributed by atoms with Gasteiger partial charge in [0.05, 0.1) is 17.2 Å². The van der Waals surface area contributed by atoms with Crippen molar-refractivity contribution in [2.75, 3.05) is 19.6 Å². The van der Waals surface area contributed by atoms with Crippen LogP contribution in [0, 0.1) is 5.41 Å². The van der Waals surface area contributed by atoms with Crippen molar-refractivity contribution in [2.45, 2.75) is 19.8 Å². The predicted octanol–water partition coefficient (Wildman–Crippen LogP) is 0.723. The molecule has 2 N–H and O–H groups in total. The average Bonchev–Trinajstić information content (AvgIpc) is 3.08. The third kappa shape index (κ3) is 3.42. The van der Waals surface area contributed by atoms with Crippen molar-refractivity contribution in [3.63, 3.8) is 0 Å². The smallest absolute Gasteiger partial charge is 0.311 e. The lowest BCUT2D eigenvalue weighted by Crippen LogP contribution is -2.36. The molecule has 1 aromatic heterocycles. The Labute approximate surface area is 121 Å². The van der Waals surface area contributed by atoms with E-state index in [9.17, 15) is 14.4 Å². The van der Waals surface area contributed by atoms with E-state index in [2.05, 4.69) is 5.32 Å². The highest BCUT2D eigenvalue weighted by Gasteiger charge is 2.41. The van der Waals surface area contributed by atoms with E-state index in [1.54, 1.807) is 6.92 Å². The molecule has 1 aliphatic heterocycles. The number of carbonyl (C=O) groups is 3. The third-order valence-electron chi connectivity index (χ3n) is 3.75. The number of hydrogen-bond acceptors (Lipinski definition) is 4. The lowest BCUT2D eigenvalue weighted by molar-refractivity contribution is -0.147. The van der Waals surface area contributed by atoms with Gasteiger partial charge in [0.25, 0.3) is 5.91 Å². The molecule has 21 heavy (non-hydrogen) atoms. The molecule has 0 bridgehead atoms. The molecule has 1 saturated heterocycles. The molecular formula is C14H18N2O5. The van der Waals surface area contributed by atoms with E-state index >= 15 is 0 Å². The van der Waals surface area contributed by atoms with Crippen LogP contribution in [0.25, 0.3) is 0 Å². The van der Waals surface area contributed by atoms with Crippen LogP contribution in [0.5, 0.6) is 0 Å². The maximum Gasteiger partial charge on any atom is 0.311 e. The van der Waals surface area contributed by atoms with Crippen molar-refractivity contribution >= 4 is 17.8 Å². The van der Waals surface area contributed by atoms with E-state index in [4.69, 9.17) is 9.52 Å². The molecule has 1 atom stereocenters. The molecule has 1 aromatic rings. The molecule has 0 aromatic carbocycles. The van der Waals surface area contributed by atoms with Crippen LogP contribution in [0.1, 0.15) is 30.1 Å². The van der Waals surface area contributed by atoms with Crippen molar-refractivity contribution < 1.29 is 23.9 Å². The second kappa shape index (κ2) is 5.99. The molecule has 7 nitrogen and oxygen atoms in total. The van der Waals surface area contributed by atoms with Gasteiger partial charge in [0.1, 0.15) is 6.26 Å². The zero-order valence-corrected chi connectivity index (χ0v) is 11.8. The first-order valence-electron chi connectivity index (χ1n) is 6.74. The number of carboxylic acids is 1. The summed E-state index contributed by atoms with van der Waals surface area (Å²) in [6.45, 7) is 2.51. The standard InChI is InChI=1S/C14H18N2O5/c1-14(13(19)20)4-6-16(9-14)11(17)2-5-15-12(18)10-3-7-21-8-10/h3,7-8H,2,4-6,9H2,1H3,(H,15,18)(H,19,20). The normalized spacial score (nSPS) is 21.3. The molecule has 7 heteroatoms. The lowest BCUT2D eigenvalue weighted by Gasteiger charge is -2.20. The zero-order valence-electron chi connectivity index (χ0n) is 11.8. The molecule has 0 saturated carbocycles. The van der Waals surface area contributed by atoms with Crippen molar-refractivity contribution in [1.82, 2.24) is 10.2 Å². The fourth-order valence-corrected chi connectivity index (χ4v) is 2.29. The Bertz CT molecular complexity index is 540. The van der Waals surface area contributed by atoms with Gasteiger partial charge in [0.2, 0.25) is 5.91 Å². The molecule has 2 heterocycles. The van der Waals surface area contributed by atoms with Crippen LogP contribution in [0.2, 0.25) is 0 Å². The number of aliphatic carboxylic acids is 1. The number of hydrogen-bond donors (Lipinski definition) is 2. The Balaban J connectivity index is 1.76. The summed E-state index contributed by atoms with van der Waals surface area (Å²) in [5.74, 6) is -1.33. The number of carboxylic acid groups (broad SMARTS) is 1. The number of likely N-dealkylation sites (tertiary alicyclic amines) is 1. The summed E-state index contributed by atoms with van der Waals surface area (Å²) in [5, 5.41) is 11.7. The van der Waals surface area contributed by atoms with Gasteiger partial charge in [-0.1, -0.05) is 0 Å². The van der Waals surface area contributed by atoms with Gasteiger partial charge in [-0.2, -0.15) is 0 Å². The van der Waals surface area contributed by atoms with Crippen LogP contribution >= 0.6 is 0 Å². The van der Waals surface area contributed by atoms with Gasteiger partial charge >= 0.3 is 5.97 Å². The third-order valence-corrected chi connectivity index (χ3v) is 3.75. The number of rotatable bonds is 5. The number of carbonyl (C=O) groups excluding carboxylic acids is 2. The predicted molar refractivity (Wildman–Crippen MR) is 72.6 cm³/mol. The zero-order chi connectivity index (χ0) is 15.5. The first-order chi connectivity index (χ1) is 9.92. The summed E-state index contributed by atoms with van der Waals surface area (Å²) in [6, 6.07) is 1.54. The Morgan fingerprint density at radius 1 is 1.48 bits per heavy atom. The maximum absolute atomic E-state index is 12.0. The Morgan fingerprint density at radius 3 is 2.81 bits per heavy atom. The van der Waals surface area contributed by atoms with E-state index < -0.39 is 11.4 Å². The van der Waals surface area contributed by atoms with E-state index in [0.717, 1.165) is 0 Å². The van der Waals surface area contributed by atoms with Crippen molar-refractivity contribution in [2.24, 2.45) is 5.41 Å². The Morgan fingerprint density at radius 2 is 2.24 bits per heavy atom. The summed E-state index contributed by atoms with van der Waals surface area (Å²) >= 11 is 0. The van der Waals surface area contributed by atoms with Gasteiger partial charge in [0, 0.05) is 26.1 Å². The quantitative estimate of drug-likeness (QED) is 0.833. The average molecular weight is 294 g/mol. The minimum Gasteiger partial charge on any atom is -0.481 e. The largest absolute Gasteiger partial charge is 0.481 e. The first kappa shape index (κ1) is 15.1. The fourth-order valence-electron chi connectivity index (χ4n) is 2.29. The summed E-state index contributed by atoms with van der Waals surface area (Å²) in [5.41, 5.74) is -0.461. The topological polar surface area (TPSA) is 99.9 Å². The van der Waals surface area contributed by atoms with Crippen LogP contribution in [0.15, 0.2) is 23.0 Å². The lowest BCUT2D eigenvalue weighted by atomic mass is 9.90.